The van der Waals surface area contributed by atoms with Gasteiger partial charge in [-0.2, -0.15) is 0 Å². The molecule has 1 aromatic rings. The predicted octanol–water partition coefficient (Wildman–Crippen LogP) is 2.47. The molecule has 0 heterocycles. The summed E-state index contributed by atoms with van der Waals surface area (Å²) in [5.41, 5.74) is -1.24. The second-order valence-corrected chi connectivity index (χ2v) is 15.1. The van der Waals surface area contributed by atoms with Crippen molar-refractivity contribution in [3.8, 4) is 0 Å². The quantitative estimate of drug-likeness (QED) is 0.577. The van der Waals surface area contributed by atoms with Crippen LogP contribution in [0.4, 0.5) is 0 Å². The standard InChI is InChI=1S/C8H11P.ClH.Pd/c1-9(2)8-6-4-3-5-7-8;;/h3-7H,1-2H3;1H;. The van der Waals surface area contributed by atoms with Crippen LogP contribution < -0.4 is 5.30 Å². The Kier molecular flexibility index (Phi) is 3.54. The van der Waals surface area contributed by atoms with Crippen LogP contribution in [0, 0.1) is 0 Å². The average Bonchev–Trinajstić information content (AvgIpc) is 2.06. The van der Waals surface area contributed by atoms with Crippen molar-refractivity contribution >= 4 is 20.3 Å². The third-order valence-corrected chi connectivity index (χ3v) is 12.4. The summed E-state index contributed by atoms with van der Waals surface area (Å²) < 4.78 is 0. The van der Waals surface area contributed by atoms with E-state index in [1.807, 2.05) is 6.07 Å². The van der Waals surface area contributed by atoms with E-state index < -0.39 is 5.45 Å². The summed E-state index contributed by atoms with van der Waals surface area (Å²) in [5, 5.41) is 1.46. The van der Waals surface area contributed by atoms with Gasteiger partial charge in [-0.3, -0.25) is 0 Å². The summed E-state index contributed by atoms with van der Waals surface area (Å²) in [6.07, 6.45) is 0. The fourth-order valence-corrected chi connectivity index (χ4v) is 4.40. The fraction of sp³-hybridized carbons (Fsp3) is 0.250. The monoisotopic (exact) mass is 280 g/mol. The number of rotatable bonds is 2. The molecule has 0 saturated carbocycles. The Bertz CT molecular complexity index is 223. The van der Waals surface area contributed by atoms with Crippen LogP contribution in [0.2, 0.25) is 0 Å². The van der Waals surface area contributed by atoms with Crippen molar-refractivity contribution in [2.24, 2.45) is 0 Å². The van der Waals surface area contributed by atoms with Gasteiger partial charge in [0, 0.05) is 0 Å². The van der Waals surface area contributed by atoms with Crippen LogP contribution in [0.5, 0.6) is 0 Å². The second-order valence-electron chi connectivity index (χ2n) is 2.82. The van der Waals surface area contributed by atoms with E-state index in [-0.39, 0.29) is 0 Å². The van der Waals surface area contributed by atoms with Gasteiger partial charge in [-0.05, 0) is 0 Å². The van der Waals surface area contributed by atoms with Crippen molar-refractivity contribution in [3.05, 3.63) is 30.3 Å². The first kappa shape index (κ1) is 9.69. The first-order valence-electron chi connectivity index (χ1n) is 3.44. The Morgan fingerprint density at radius 1 is 1.18 bits per heavy atom. The molecule has 1 aromatic carbocycles. The van der Waals surface area contributed by atoms with Gasteiger partial charge in [0.1, 0.15) is 0 Å². The van der Waals surface area contributed by atoms with E-state index in [0.29, 0.717) is 16.5 Å². The van der Waals surface area contributed by atoms with E-state index in [1.54, 1.807) is 0 Å². The molecular formula is C8H12ClPPd. The third-order valence-electron chi connectivity index (χ3n) is 1.59. The van der Waals surface area contributed by atoms with Gasteiger partial charge in [0.2, 0.25) is 0 Å². The molecule has 0 N–H and O–H groups in total. The first-order chi connectivity index (χ1) is 5.17. The van der Waals surface area contributed by atoms with E-state index in [4.69, 9.17) is 9.53 Å². The second kappa shape index (κ2) is 4.02. The van der Waals surface area contributed by atoms with Crippen molar-refractivity contribution in [1.82, 2.24) is 0 Å². The molecule has 66 valence electrons. The Labute approximate surface area is 80.3 Å². The Morgan fingerprint density at radius 3 is 2.18 bits per heavy atom. The van der Waals surface area contributed by atoms with E-state index in [9.17, 15) is 0 Å². The molecule has 0 unspecified atom stereocenters. The van der Waals surface area contributed by atoms with Crippen LogP contribution in [0.25, 0.3) is 0 Å². The van der Waals surface area contributed by atoms with Crippen LogP contribution >= 0.6 is 15.0 Å². The maximum absolute atomic E-state index is 5.94. The van der Waals surface area contributed by atoms with Crippen molar-refractivity contribution in [2.75, 3.05) is 13.3 Å². The minimum atomic E-state index is -1.24. The van der Waals surface area contributed by atoms with Gasteiger partial charge < -0.3 is 0 Å². The summed E-state index contributed by atoms with van der Waals surface area (Å²) in [6.45, 7) is 4.62. The van der Waals surface area contributed by atoms with Crippen LogP contribution in [-0.2, 0) is 16.5 Å². The zero-order chi connectivity index (χ0) is 8.32. The van der Waals surface area contributed by atoms with Crippen molar-refractivity contribution < 1.29 is 16.5 Å². The number of hydrogen-bond acceptors (Lipinski definition) is 0. The molecule has 0 amide bonds. The van der Waals surface area contributed by atoms with E-state index in [0.717, 1.165) is 0 Å². The third kappa shape index (κ3) is 2.53. The van der Waals surface area contributed by atoms with Crippen LogP contribution in [0.1, 0.15) is 0 Å². The van der Waals surface area contributed by atoms with E-state index in [2.05, 4.69) is 37.6 Å². The fourth-order valence-electron chi connectivity index (χ4n) is 0.859. The van der Waals surface area contributed by atoms with Gasteiger partial charge in [-0.25, -0.2) is 0 Å². The van der Waals surface area contributed by atoms with Gasteiger partial charge in [-0.1, -0.05) is 0 Å². The molecule has 0 aliphatic rings. The minimum absolute atomic E-state index is 0.389. The van der Waals surface area contributed by atoms with Gasteiger partial charge in [-0.15, -0.1) is 0 Å². The Morgan fingerprint density at radius 2 is 1.73 bits per heavy atom. The summed E-state index contributed by atoms with van der Waals surface area (Å²) >= 11 is 0.389. The van der Waals surface area contributed by atoms with E-state index >= 15 is 0 Å². The maximum atomic E-state index is 5.94. The SMILES string of the molecule is C[PH](C)([Pd][Cl])c1ccccc1. The van der Waals surface area contributed by atoms with Crippen molar-refractivity contribution in [2.45, 2.75) is 0 Å². The molecule has 0 aliphatic heterocycles. The molecule has 0 aromatic heterocycles. The zero-order valence-electron chi connectivity index (χ0n) is 6.58. The summed E-state index contributed by atoms with van der Waals surface area (Å²) in [6, 6.07) is 10.6. The van der Waals surface area contributed by atoms with Gasteiger partial charge in [0.05, 0.1) is 0 Å². The summed E-state index contributed by atoms with van der Waals surface area (Å²) in [5.74, 6) is 0. The summed E-state index contributed by atoms with van der Waals surface area (Å²) in [7, 11) is 5.94. The topological polar surface area (TPSA) is 0 Å². The zero-order valence-corrected chi connectivity index (χ0v) is 9.89. The molecule has 0 fully saturated rings. The number of halogens is 1. The Balaban J connectivity index is 2.93. The molecule has 0 aliphatic carbocycles. The molecular weight excluding hydrogens is 269 g/mol. The van der Waals surface area contributed by atoms with Crippen LogP contribution in [0.15, 0.2) is 30.3 Å². The first-order valence-corrected chi connectivity index (χ1v) is 10.6. The molecule has 3 heteroatoms. The van der Waals surface area contributed by atoms with Crippen LogP contribution in [-0.4, -0.2) is 13.3 Å². The van der Waals surface area contributed by atoms with Gasteiger partial charge in [0.25, 0.3) is 0 Å². The molecule has 0 atom stereocenters. The number of benzene rings is 1. The molecule has 11 heavy (non-hydrogen) atoms. The molecule has 0 radical (unpaired) electrons. The van der Waals surface area contributed by atoms with Crippen molar-refractivity contribution in [1.29, 1.82) is 0 Å². The normalized spacial score (nSPS) is 13.4. The number of hydrogen-bond donors (Lipinski definition) is 0. The summed E-state index contributed by atoms with van der Waals surface area (Å²) in [4.78, 5) is 0. The molecule has 1 rings (SSSR count). The molecule has 0 spiro atoms. The van der Waals surface area contributed by atoms with Gasteiger partial charge in [0.15, 0.2) is 0 Å². The van der Waals surface area contributed by atoms with Crippen LogP contribution in [0.3, 0.4) is 0 Å². The van der Waals surface area contributed by atoms with E-state index in [1.165, 1.54) is 5.30 Å². The molecule has 0 bridgehead atoms. The van der Waals surface area contributed by atoms with Crippen molar-refractivity contribution in [3.63, 3.8) is 0 Å². The average molecular weight is 281 g/mol. The van der Waals surface area contributed by atoms with Gasteiger partial charge >= 0.3 is 80.4 Å². The molecule has 0 saturated heterocycles. The molecule has 0 nitrogen and oxygen atoms in total. The Hall–Kier alpha value is 0.602. The predicted molar refractivity (Wildman–Crippen MR) is 52.1 cm³/mol.